The van der Waals surface area contributed by atoms with Gasteiger partial charge in [-0.25, -0.2) is 0 Å². The molecule has 0 aliphatic heterocycles. The lowest BCUT2D eigenvalue weighted by Crippen LogP contribution is -2.19. The summed E-state index contributed by atoms with van der Waals surface area (Å²) in [7, 11) is 0. The van der Waals surface area contributed by atoms with E-state index in [2.05, 4.69) is 20.1 Å². The smallest absolute Gasteiger partial charge is 0.140 e. The van der Waals surface area contributed by atoms with Crippen molar-refractivity contribution in [1.82, 2.24) is 0 Å². The lowest BCUT2D eigenvalue weighted by atomic mass is 9.85. The minimum absolute atomic E-state index is 0.0361. The van der Waals surface area contributed by atoms with Gasteiger partial charge in [-0.2, -0.15) is 0 Å². The van der Waals surface area contributed by atoms with Crippen LogP contribution in [0.3, 0.4) is 0 Å². The summed E-state index contributed by atoms with van der Waals surface area (Å²) in [6.45, 7) is 9.66. The molecule has 0 saturated heterocycles. The van der Waals surface area contributed by atoms with E-state index in [1.165, 1.54) is 0 Å². The summed E-state index contributed by atoms with van der Waals surface area (Å²) in [6.07, 6.45) is 3.34. The fraction of sp³-hybridized carbons (Fsp3) is 0.571. The van der Waals surface area contributed by atoms with Gasteiger partial charge in [0.1, 0.15) is 11.6 Å². The Bertz CT molecular complexity index is 367. The fourth-order valence-corrected chi connectivity index (χ4v) is 3.43. The highest BCUT2D eigenvalue weighted by Crippen LogP contribution is 2.51. The summed E-state index contributed by atoms with van der Waals surface area (Å²) in [5.41, 5.74) is 1.04. The van der Waals surface area contributed by atoms with Gasteiger partial charge in [-0.05, 0) is 18.3 Å². The van der Waals surface area contributed by atoms with E-state index in [1.54, 1.807) is 6.08 Å². The third-order valence-electron chi connectivity index (χ3n) is 4.19. The number of carbonyl (C=O) groups is 2. The molecule has 2 aliphatic rings. The molecule has 0 amide bonds. The molecule has 0 radical (unpaired) electrons. The average molecular weight is 218 g/mol. The Labute approximate surface area is 96.4 Å². The van der Waals surface area contributed by atoms with Crippen LogP contribution < -0.4 is 0 Å². The lowest BCUT2D eigenvalue weighted by Gasteiger charge is -2.18. The number of rotatable bonds is 3. The first-order valence-electron chi connectivity index (χ1n) is 5.90. The van der Waals surface area contributed by atoms with Crippen LogP contribution in [0.25, 0.3) is 0 Å². The van der Waals surface area contributed by atoms with Gasteiger partial charge in [0, 0.05) is 24.7 Å². The summed E-state index contributed by atoms with van der Waals surface area (Å²) >= 11 is 0. The highest BCUT2D eigenvalue weighted by molar-refractivity contribution is 5.90. The van der Waals surface area contributed by atoms with Crippen LogP contribution in [0, 0.1) is 23.7 Å². The van der Waals surface area contributed by atoms with Gasteiger partial charge in [-0.3, -0.25) is 9.59 Å². The SMILES string of the molecule is C=CCC(=O)C1CC2C(=O)CC(=C)C2C1C. The van der Waals surface area contributed by atoms with Gasteiger partial charge in [0.25, 0.3) is 0 Å². The van der Waals surface area contributed by atoms with Crippen molar-refractivity contribution in [1.29, 1.82) is 0 Å². The molecule has 2 aliphatic carbocycles. The Kier molecular flexibility index (Phi) is 2.83. The van der Waals surface area contributed by atoms with Crippen molar-refractivity contribution in [2.45, 2.75) is 26.2 Å². The number of carbonyl (C=O) groups excluding carboxylic acids is 2. The Hall–Kier alpha value is -1.18. The summed E-state index contributed by atoms with van der Waals surface area (Å²) in [5, 5.41) is 0. The topological polar surface area (TPSA) is 34.1 Å². The molecule has 2 rings (SSSR count). The maximum Gasteiger partial charge on any atom is 0.140 e. The molecule has 86 valence electrons. The Morgan fingerprint density at radius 2 is 2.25 bits per heavy atom. The second-order valence-electron chi connectivity index (χ2n) is 5.09. The van der Waals surface area contributed by atoms with Gasteiger partial charge in [0.2, 0.25) is 0 Å². The van der Waals surface area contributed by atoms with Crippen LogP contribution in [0.1, 0.15) is 26.2 Å². The molecule has 0 aromatic rings. The molecule has 0 aromatic carbocycles. The van der Waals surface area contributed by atoms with Crippen molar-refractivity contribution in [3.63, 3.8) is 0 Å². The normalized spacial score (nSPS) is 37.6. The zero-order valence-corrected chi connectivity index (χ0v) is 9.74. The molecular formula is C14H18O2. The quantitative estimate of drug-likeness (QED) is 0.682. The Morgan fingerprint density at radius 1 is 1.56 bits per heavy atom. The standard InChI is InChI=1S/C14H18O2/c1-4-5-12(15)10-7-11-13(16)6-8(2)14(11)9(10)3/h4,9-11,14H,1-2,5-7H2,3H3. The highest BCUT2D eigenvalue weighted by Gasteiger charge is 2.50. The van der Waals surface area contributed by atoms with Crippen molar-refractivity contribution < 1.29 is 9.59 Å². The second kappa shape index (κ2) is 4.00. The number of ketones is 2. The minimum atomic E-state index is 0.0361. The van der Waals surface area contributed by atoms with Crippen LogP contribution in [-0.2, 0) is 9.59 Å². The third-order valence-corrected chi connectivity index (χ3v) is 4.19. The van der Waals surface area contributed by atoms with Gasteiger partial charge in [0.15, 0.2) is 0 Å². The first-order chi connectivity index (χ1) is 7.56. The molecule has 2 fully saturated rings. The zero-order valence-electron chi connectivity index (χ0n) is 9.74. The van der Waals surface area contributed by atoms with Gasteiger partial charge >= 0.3 is 0 Å². The van der Waals surface area contributed by atoms with Gasteiger partial charge in [-0.1, -0.05) is 25.2 Å². The second-order valence-corrected chi connectivity index (χ2v) is 5.09. The Balaban J connectivity index is 2.18. The van der Waals surface area contributed by atoms with Crippen molar-refractivity contribution in [2.75, 3.05) is 0 Å². The molecule has 0 aromatic heterocycles. The van der Waals surface area contributed by atoms with Gasteiger partial charge in [-0.15, -0.1) is 6.58 Å². The minimum Gasteiger partial charge on any atom is -0.299 e. The zero-order chi connectivity index (χ0) is 11.9. The number of hydrogen-bond donors (Lipinski definition) is 0. The molecule has 16 heavy (non-hydrogen) atoms. The molecule has 0 heterocycles. The van der Waals surface area contributed by atoms with E-state index in [0.29, 0.717) is 12.8 Å². The predicted molar refractivity (Wildman–Crippen MR) is 62.8 cm³/mol. The van der Waals surface area contributed by atoms with E-state index in [0.717, 1.165) is 12.0 Å². The molecule has 0 N–H and O–H groups in total. The number of Topliss-reactive ketones (excluding diaryl/α,β-unsaturated/α-hetero) is 2. The van der Waals surface area contributed by atoms with E-state index in [9.17, 15) is 9.59 Å². The van der Waals surface area contributed by atoms with Crippen LogP contribution in [0.4, 0.5) is 0 Å². The number of allylic oxidation sites excluding steroid dienone is 2. The maximum atomic E-state index is 11.9. The average Bonchev–Trinajstić information content (AvgIpc) is 2.68. The molecule has 0 spiro atoms. The molecule has 2 saturated carbocycles. The van der Waals surface area contributed by atoms with Crippen molar-refractivity contribution in [2.24, 2.45) is 23.7 Å². The fourth-order valence-electron chi connectivity index (χ4n) is 3.43. The first-order valence-corrected chi connectivity index (χ1v) is 5.90. The van der Waals surface area contributed by atoms with E-state index < -0.39 is 0 Å². The van der Waals surface area contributed by atoms with Crippen LogP contribution in [0.5, 0.6) is 0 Å². The molecule has 2 nitrogen and oxygen atoms in total. The maximum absolute atomic E-state index is 11.9. The first kappa shape index (κ1) is 11.3. The van der Waals surface area contributed by atoms with Gasteiger partial charge < -0.3 is 0 Å². The molecule has 2 heteroatoms. The van der Waals surface area contributed by atoms with Gasteiger partial charge in [0.05, 0.1) is 0 Å². The summed E-state index contributed by atoms with van der Waals surface area (Å²) < 4.78 is 0. The van der Waals surface area contributed by atoms with Crippen molar-refractivity contribution >= 4 is 11.6 Å². The highest BCUT2D eigenvalue weighted by atomic mass is 16.1. The molecule has 0 bridgehead atoms. The van der Waals surface area contributed by atoms with E-state index >= 15 is 0 Å². The van der Waals surface area contributed by atoms with Crippen LogP contribution in [0.15, 0.2) is 24.8 Å². The third kappa shape index (κ3) is 1.57. The van der Waals surface area contributed by atoms with Crippen LogP contribution >= 0.6 is 0 Å². The monoisotopic (exact) mass is 218 g/mol. The largest absolute Gasteiger partial charge is 0.299 e. The molecule has 4 atom stereocenters. The summed E-state index contributed by atoms with van der Waals surface area (Å²) in [5.74, 6) is 1.16. The Morgan fingerprint density at radius 3 is 2.81 bits per heavy atom. The summed E-state index contributed by atoms with van der Waals surface area (Å²) in [6, 6.07) is 0. The predicted octanol–water partition coefficient (Wildman–Crippen LogP) is 2.55. The van der Waals surface area contributed by atoms with Crippen molar-refractivity contribution in [3.8, 4) is 0 Å². The molecular weight excluding hydrogens is 200 g/mol. The van der Waals surface area contributed by atoms with Crippen molar-refractivity contribution in [3.05, 3.63) is 24.8 Å². The lowest BCUT2D eigenvalue weighted by molar-refractivity contribution is -0.123. The number of fused-ring (bicyclic) bond motifs is 1. The molecule has 4 unspecified atom stereocenters. The van der Waals surface area contributed by atoms with Crippen LogP contribution in [0.2, 0.25) is 0 Å². The van der Waals surface area contributed by atoms with E-state index in [4.69, 9.17) is 0 Å². The van der Waals surface area contributed by atoms with Crippen LogP contribution in [-0.4, -0.2) is 11.6 Å². The van der Waals surface area contributed by atoms with E-state index in [1.807, 2.05) is 0 Å². The summed E-state index contributed by atoms with van der Waals surface area (Å²) in [4.78, 5) is 23.6. The van der Waals surface area contributed by atoms with E-state index in [-0.39, 0.29) is 35.2 Å². The number of hydrogen-bond acceptors (Lipinski definition) is 2.